The summed E-state index contributed by atoms with van der Waals surface area (Å²) >= 11 is 5.68. The topological polar surface area (TPSA) is 94.4 Å². The number of carbonyl (C=O) groups is 1. The van der Waals surface area contributed by atoms with E-state index in [1.54, 1.807) is 7.11 Å². The van der Waals surface area contributed by atoms with Crippen molar-refractivity contribution >= 4 is 23.2 Å². The first kappa shape index (κ1) is 14.7. The Morgan fingerprint density at radius 1 is 1.60 bits per heavy atom. The van der Waals surface area contributed by atoms with Crippen LogP contribution >= 0.6 is 11.6 Å². The van der Waals surface area contributed by atoms with Crippen molar-refractivity contribution in [3.05, 3.63) is 33.1 Å². The van der Waals surface area contributed by atoms with Crippen molar-refractivity contribution in [3.8, 4) is 0 Å². The van der Waals surface area contributed by atoms with Crippen LogP contribution in [-0.4, -0.2) is 35.1 Å². The third-order valence-corrected chi connectivity index (χ3v) is 3.66. The molecule has 7 nitrogen and oxygen atoms in total. The van der Waals surface area contributed by atoms with E-state index in [-0.39, 0.29) is 22.9 Å². The number of halogens is 1. The Hall–Kier alpha value is -1.73. The summed E-state index contributed by atoms with van der Waals surface area (Å²) in [5.74, 6) is -0.532. The van der Waals surface area contributed by atoms with Gasteiger partial charge in [0.2, 0.25) is 5.15 Å². The molecule has 0 aliphatic heterocycles. The van der Waals surface area contributed by atoms with E-state index >= 15 is 0 Å². The Bertz CT molecular complexity index is 537. The zero-order valence-electron chi connectivity index (χ0n) is 10.8. The first-order valence-corrected chi connectivity index (χ1v) is 6.55. The Balaban J connectivity index is 2.21. The lowest BCUT2D eigenvalue weighted by Crippen LogP contribution is -2.40. The van der Waals surface area contributed by atoms with Crippen molar-refractivity contribution in [2.75, 3.05) is 7.11 Å². The van der Waals surface area contributed by atoms with Gasteiger partial charge < -0.3 is 10.1 Å². The Labute approximate surface area is 120 Å². The smallest absolute Gasteiger partial charge is 0.319 e. The normalized spacial score (nSPS) is 21.7. The van der Waals surface area contributed by atoms with Crippen molar-refractivity contribution in [1.82, 2.24) is 10.3 Å². The van der Waals surface area contributed by atoms with Gasteiger partial charge in [-0.25, -0.2) is 4.98 Å². The van der Waals surface area contributed by atoms with Gasteiger partial charge in [-0.15, -0.1) is 0 Å². The summed E-state index contributed by atoms with van der Waals surface area (Å²) in [6.45, 7) is 0. The maximum absolute atomic E-state index is 12.2. The molecule has 1 aromatic rings. The number of amides is 1. The molecule has 1 aromatic heterocycles. The summed E-state index contributed by atoms with van der Waals surface area (Å²) in [5, 5.41) is 13.5. The number of hydrogen-bond donors (Lipinski definition) is 1. The minimum absolute atomic E-state index is 0.0599. The minimum atomic E-state index is -0.702. The van der Waals surface area contributed by atoms with Crippen LogP contribution in [0.15, 0.2) is 12.3 Å². The average Bonchev–Trinajstić information content (AvgIpc) is 2.85. The number of nitro groups is 1. The fraction of sp³-hybridized carbons (Fsp3) is 0.500. The second-order valence-corrected chi connectivity index (χ2v) is 4.90. The fourth-order valence-corrected chi connectivity index (χ4v) is 2.63. The summed E-state index contributed by atoms with van der Waals surface area (Å²) in [7, 11) is 1.58. The Morgan fingerprint density at radius 2 is 2.35 bits per heavy atom. The van der Waals surface area contributed by atoms with Gasteiger partial charge in [0.15, 0.2) is 0 Å². The highest BCUT2D eigenvalue weighted by Gasteiger charge is 2.31. The quantitative estimate of drug-likeness (QED) is 0.521. The molecule has 0 radical (unpaired) electrons. The molecule has 0 spiro atoms. The van der Waals surface area contributed by atoms with Gasteiger partial charge in [-0.05, 0) is 25.3 Å². The Kier molecular flexibility index (Phi) is 4.51. The molecule has 0 saturated heterocycles. The molecular formula is C12H14ClN3O4. The molecule has 0 bridgehead atoms. The molecule has 2 atom stereocenters. The molecule has 1 N–H and O–H groups in total. The van der Waals surface area contributed by atoms with Gasteiger partial charge in [0, 0.05) is 13.3 Å². The van der Waals surface area contributed by atoms with Crippen LogP contribution in [0, 0.1) is 10.1 Å². The van der Waals surface area contributed by atoms with E-state index in [1.807, 2.05) is 0 Å². The van der Waals surface area contributed by atoms with E-state index in [9.17, 15) is 14.9 Å². The highest BCUT2D eigenvalue weighted by Crippen LogP contribution is 2.27. The van der Waals surface area contributed by atoms with Crippen LogP contribution in [0.3, 0.4) is 0 Å². The fourth-order valence-electron chi connectivity index (χ4n) is 2.40. The maximum atomic E-state index is 12.2. The molecule has 1 fully saturated rings. The van der Waals surface area contributed by atoms with E-state index in [1.165, 1.54) is 12.3 Å². The summed E-state index contributed by atoms with van der Waals surface area (Å²) in [6.07, 6.45) is 3.81. The summed E-state index contributed by atoms with van der Waals surface area (Å²) < 4.78 is 5.27. The lowest BCUT2D eigenvalue weighted by molar-refractivity contribution is -0.385. The number of methoxy groups -OCH3 is 1. The molecule has 0 aromatic carbocycles. The summed E-state index contributed by atoms with van der Waals surface area (Å²) in [5.41, 5.74) is -0.560. The van der Waals surface area contributed by atoms with Crippen molar-refractivity contribution in [2.24, 2.45) is 0 Å². The molecule has 108 valence electrons. The molecule has 20 heavy (non-hydrogen) atoms. The molecular weight excluding hydrogens is 286 g/mol. The molecule has 1 aliphatic rings. The molecule has 1 heterocycles. The van der Waals surface area contributed by atoms with Gasteiger partial charge in [0.05, 0.1) is 17.1 Å². The highest BCUT2D eigenvalue weighted by molar-refractivity contribution is 6.32. The van der Waals surface area contributed by atoms with Gasteiger partial charge in [0.25, 0.3) is 5.91 Å². The van der Waals surface area contributed by atoms with E-state index in [0.717, 1.165) is 19.3 Å². The number of pyridine rings is 1. The van der Waals surface area contributed by atoms with E-state index in [4.69, 9.17) is 16.3 Å². The van der Waals surface area contributed by atoms with Crippen LogP contribution in [0.1, 0.15) is 29.6 Å². The molecule has 1 aliphatic carbocycles. The van der Waals surface area contributed by atoms with Crippen molar-refractivity contribution in [2.45, 2.75) is 31.4 Å². The first-order valence-electron chi connectivity index (χ1n) is 6.17. The predicted octanol–water partition coefficient (Wildman–Crippen LogP) is 1.94. The van der Waals surface area contributed by atoms with Crippen molar-refractivity contribution in [1.29, 1.82) is 0 Å². The van der Waals surface area contributed by atoms with Crippen LogP contribution < -0.4 is 5.32 Å². The van der Waals surface area contributed by atoms with E-state index in [2.05, 4.69) is 10.3 Å². The third-order valence-electron chi connectivity index (χ3n) is 3.38. The monoisotopic (exact) mass is 299 g/mol. The van der Waals surface area contributed by atoms with E-state index < -0.39 is 16.5 Å². The summed E-state index contributed by atoms with van der Waals surface area (Å²) in [6, 6.07) is 1.15. The third kappa shape index (κ3) is 2.88. The van der Waals surface area contributed by atoms with Gasteiger partial charge in [-0.3, -0.25) is 14.9 Å². The predicted molar refractivity (Wildman–Crippen MR) is 71.8 cm³/mol. The van der Waals surface area contributed by atoms with Crippen LogP contribution in [-0.2, 0) is 4.74 Å². The van der Waals surface area contributed by atoms with Crippen LogP contribution in [0.25, 0.3) is 0 Å². The molecule has 1 amide bonds. The number of hydrogen-bond acceptors (Lipinski definition) is 5. The number of rotatable bonds is 4. The lowest BCUT2D eigenvalue weighted by atomic mass is 10.1. The standard InChI is InChI=1S/C12H14ClN3O4/c1-20-9-4-2-3-8(9)15-12(17)7-5-6-14-11(13)10(7)16(18)19/h5-6,8-9H,2-4H2,1H3,(H,15,17). The second kappa shape index (κ2) is 6.15. The Morgan fingerprint density at radius 3 is 3.00 bits per heavy atom. The first-order chi connectivity index (χ1) is 9.54. The number of nitrogens with one attached hydrogen (secondary N) is 1. The molecule has 8 heteroatoms. The zero-order valence-corrected chi connectivity index (χ0v) is 11.6. The largest absolute Gasteiger partial charge is 0.379 e. The minimum Gasteiger partial charge on any atom is -0.379 e. The van der Waals surface area contributed by atoms with Crippen LogP contribution in [0.2, 0.25) is 5.15 Å². The molecule has 2 rings (SSSR count). The number of ether oxygens (including phenoxy) is 1. The van der Waals surface area contributed by atoms with E-state index in [0.29, 0.717) is 0 Å². The summed E-state index contributed by atoms with van der Waals surface area (Å²) in [4.78, 5) is 26.1. The highest BCUT2D eigenvalue weighted by atomic mass is 35.5. The molecule has 2 unspecified atom stereocenters. The average molecular weight is 300 g/mol. The zero-order chi connectivity index (χ0) is 14.7. The SMILES string of the molecule is COC1CCCC1NC(=O)c1ccnc(Cl)c1[N+](=O)[O-]. The number of nitrogens with zero attached hydrogens (tertiary/aromatic N) is 2. The van der Waals surface area contributed by atoms with Crippen LogP contribution in [0.4, 0.5) is 5.69 Å². The van der Waals surface area contributed by atoms with Gasteiger partial charge in [-0.1, -0.05) is 11.6 Å². The van der Waals surface area contributed by atoms with Gasteiger partial charge in [-0.2, -0.15) is 0 Å². The van der Waals surface area contributed by atoms with Gasteiger partial charge in [0.1, 0.15) is 5.56 Å². The lowest BCUT2D eigenvalue weighted by Gasteiger charge is -2.19. The second-order valence-electron chi connectivity index (χ2n) is 4.54. The number of aromatic nitrogens is 1. The van der Waals surface area contributed by atoms with Crippen LogP contribution in [0.5, 0.6) is 0 Å². The van der Waals surface area contributed by atoms with Crippen molar-refractivity contribution in [3.63, 3.8) is 0 Å². The molecule has 1 saturated carbocycles. The number of carbonyl (C=O) groups excluding carboxylic acids is 1. The maximum Gasteiger partial charge on any atom is 0.319 e. The van der Waals surface area contributed by atoms with Gasteiger partial charge >= 0.3 is 5.69 Å². The van der Waals surface area contributed by atoms with Crippen molar-refractivity contribution < 1.29 is 14.5 Å².